The molecule has 0 atom stereocenters. The van der Waals surface area contributed by atoms with Crippen LogP contribution >= 0.6 is 11.3 Å². The molecule has 2 amide bonds. The van der Waals surface area contributed by atoms with Gasteiger partial charge in [-0.3, -0.25) is 4.79 Å². The highest BCUT2D eigenvalue weighted by Gasteiger charge is 2.28. The zero-order chi connectivity index (χ0) is 20.7. The van der Waals surface area contributed by atoms with Gasteiger partial charge >= 0.3 is 12.0 Å². The summed E-state index contributed by atoms with van der Waals surface area (Å²) in [6.45, 7) is 7.88. The average Bonchev–Trinajstić information content (AvgIpc) is 3.17. The molecule has 158 valence electrons. The number of hydrogen-bond donors (Lipinski definition) is 1. The van der Waals surface area contributed by atoms with E-state index in [0.29, 0.717) is 45.6 Å². The van der Waals surface area contributed by atoms with E-state index in [2.05, 4.69) is 5.32 Å². The number of nitrogens with zero attached hydrogens (tertiary/aromatic N) is 2. The Hall–Kier alpha value is -1.65. The van der Waals surface area contributed by atoms with Gasteiger partial charge in [0.15, 0.2) is 0 Å². The van der Waals surface area contributed by atoms with Crippen LogP contribution in [0.5, 0.6) is 0 Å². The summed E-state index contributed by atoms with van der Waals surface area (Å²) in [4.78, 5) is 26.6. The Morgan fingerprint density at radius 1 is 1.21 bits per heavy atom. The minimum Gasteiger partial charge on any atom is -0.466 e. The Kier molecular flexibility index (Phi) is 8.26. The summed E-state index contributed by atoms with van der Waals surface area (Å²) < 4.78 is 31.8. The molecule has 1 saturated heterocycles. The maximum Gasteiger partial charge on any atom is 0.317 e. The number of amides is 2. The number of urea groups is 1. The lowest BCUT2D eigenvalue weighted by molar-refractivity contribution is -0.149. The van der Waals surface area contributed by atoms with Gasteiger partial charge in [-0.25, -0.2) is 13.2 Å². The smallest absolute Gasteiger partial charge is 0.317 e. The van der Waals surface area contributed by atoms with Crippen molar-refractivity contribution in [3.63, 3.8) is 0 Å². The Morgan fingerprint density at radius 2 is 1.86 bits per heavy atom. The van der Waals surface area contributed by atoms with Crippen LogP contribution in [0.1, 0.15) is 38.5 Å². The van der Waals surface area contributed by atoms with E-state index in [1.165, 1.54) is 15.6 Å². The van der Waals surface area contributed by atoms with E-state index in [1.807, 2.05) is 0 Å². The van der Waals surface area contributed by atoms with Crippen molar-refractivity contribution < 1.29 is 22.7 Å². The van der Waals surface area contributed by atoms with Crippen molar-refractivity contribution in [3.05, 3.63) is 17.0 Å². The molecule has 2 heterocycles. The molecule has 28 heavy (non-hydrogen) atoms. The van der Waals surface area contributed by atoms with Gasteiger partial charge in [-0.15, -0.1) is 11.3 Å². The highest BCUT2D eigenvalue weighted by atomic mass is 32.2. The van der Waals surface area contributed by atoms with Crippen molar-refractivity contribution in [1.82, 2.24) is 14.5 Å². The van der Waals surface area contributed by atoms with Crippen LogP contribution in [-0.4, -0.2) is 62.4 Å². The number of sulfonamides is 1. The minimum absolute atomic E-state index is 0.144. The molecule has 1 aliphatic rings. The summed E-state index contributed by atoms with van der Waals surface area (Å²) in [6, 6.07) is 3.11. The van der Waals surface area contributed by atoms with Crippen LogP contribution in [0.15, 0.2) is 16.3 Å². The molecule has 0 radical (unpaired) electrons. The van der Waals surface area contributed by atoms with Gasteiger partial charge in [0.1, 0.15) is 4.21 Å². The number of ether oxygens (including phenoxy) is 1. The summed E-state index contributed by atoms with van der Waals surface area (Å²) in [5.41, 5.74) is 0. The van der Waals surface area contributed by atoms with Gasteiger partial charge in [0.25, 0.3) is 10.0 Å². The van der Waals surface area contributed by atoms with Crippen LogP contribution in [0, 0.1) is 5.92 Å². The standard InChI is InChI=1S/C18H29N3O5S2/c1-4-21(5-2)28(24,25)16-8-7-15(27-16)13-19-18(23)20-11-9-14(10-12-20)17(22)26-6-3/h7-8,14H,4-6,9-13H2,1-3H3,(H,19,23). The topological polar surface area (TPSA) is 96.0 Å². The van der Waals surface area contributed by atoms with Crippen molar-refractivity contribution >= 4 is 33.4 Å². The molecule has 1 aromatic heterocycles. The number of esters is 1. The maximum atomic E-state index is 12.5. The van der Waals surface area contributed by atoms with E-state index >= 15 is 0 Å². The van der Waals surface area contributed by atoms with Gasteiger partial charge in [0.2, 0.25) is 0 Å². The van der Waals surface area contributed by atoms with Crippen LogP contribution in [0.25, 0.3) is 0 Å². The van der Waals surface area contributed by atoms with Crippen molar-refractivity contribution in [1.29, 1.82) is 0 Å². The number of rotatable bonds is 8. The molecule has 0 aliphatic carbocycles. The van der Waals surface area contributed by atoms with Crippen LogP contribution < -0.4 is 5.32 Å². The second-order valence-electron chi connectivity index (χ2n) is 6.48. The average molecular weight is 432 g/mol. The first-order valence-corrected chi connectivity index (χ1v) is 11.9. The molecule has 1 aromatic rings. The Balaban J connectivity index is 1.86. The second kappa shape index (κ2) is 10.2. The molecule has 2 rings (SSSR count). The van der Waals surface area contributed by atoms with Gasteiger partial charge in [-0.2, -0.15) is 4.31 Å². The van der Waals surface area contributed by atoms with Crippen molar-refractivity contribution in [2.45, 2.75) is 44.4 Å². The highest BCUT2D eigenvalue weighted by Crippen LogP contribution is 2.25. The minimum atomic E-state index is -3.47. The third-order valence-corrected chi connectivity index (χ3v) is 8.36. The van der Waals surface area contributed by atoms with E-state index in [-0.39, 0.29) is 28.7 Å². The summed E-state index contributed by atoms with van der Waals surface area (Å²) in [6.07, 6.45) is 1.19. The van der Waals surface area contributed by atoms with Crippen molar-refractivity contribution in [2.75, 3.05) is 32.8 Å². The van der Waals surface area contributed by atoms with Crippen LogP contribution in [0.2, 0.25) is 0 Å². The lowest BCUT2D eigenvalue weighted by Crippen LogP contribution is -2.45. The first-order chi connectivity index (χ1) is 13.3. The summed E-state index contributed by atoms with van der Waals surface area (Å²) in [7, 11) is -3.47. The maximum absolute atomic E-state index is 12.5. The fourth-order valence-corrected chi connectivity index (χ4v) is 6.04. The molecule has 0 aromatic carbocycles. The Labute approximate surface area is 170 Å². The Morgan fingerprint density at radius 3 is 2.43 bits per heavy atom. The lowest BCUT2D eigenvalue weighted by atomic mass is 9.97. The molecule has 1 aliphatic heterocycles. The highest BCUT2D eigenvalue weighted by molar-refractivity contribution is 7.91. The first-order valence-electron chi connectivity index (χ1n) is 9.61. The quantitative estimate of drug-likeness (QED) is 0.637. The van der Waals surface area contributed by atoms with Crippen LogP contribution in [0.3, 0.4) is 0 Å². The number of hydrogen-bond acceptors (Lipinski definition) is 6. The summed E-state index contributed by atoms with van der Waals surface area (Å²) in [5.74, 6) is -0.336. The number of carbonyl (C=O) groups is 2. The van der Waals surface area contributed by atoms with Crippen LogP contribution in [0.4, 0.5) is 4.79 Å². The molecule has 1 fully saturated rings. The molecule has 1 N–H and O–H groups in total. The fraction of sp³-hybridized carbons (Fsp3) is 0.667. The van der Waals surface area contributed by atoms with E-state index in [0.717, 1.165) is 4.88 Å². The van der Waals surface area contributed by atoms with E-state index in [1.54, 1.807) is 37.8 Å². The number of piperidine rings is 1. The number of carbonyl (C=O) groups excluding carboxylic acids is 2. The van der Waals surface area contributed by atoms with Crippen molar-refractivity contribution in [3.8, 4) is 0 Å². The Bertz CT molecular complexity index is 766. The van der Waals surface area contributed by atoms with E-state index in [9.17, 15) is 18.0 Å². The van der Waals surface area contributed by atoms with Gasteiger partial charge in [-0.05, 0) is 31.9 Å². The zero-order valence-corrected chi connectivity index (χ0v) is 18.3. The molecule has 8 nitrogen and oxygen atoms in total. The zero-order valence-electron chi connectivity index (χ0n) is 16.6. The monoisotopic (exact) mass is 431 g/mol. The lowest BCUT2D eigenvalue weighted by Gasteiger charge is -2.30. The molecule has 0 saturated carbocycles. The van der Waals surface area contributed by atoms with Gasteiger partial charge < -0.3 is 15.0 Å². The van der Waals surface area contributed by atoms with Crippen molar-refractivity contribution in [2.24, 2.45) is 5.92 Å². The summed E-state index contributed by atoms with van der Waals surface area (Å²) >= 11 is 1.17. The molecule has 0 spiro atoms. The fourth-order valence-electron chi connectivity index (χ4n) is 3.14. The van der Waals surface area contributed by atoms with E-state index in [4.69, 9.17) is 4.74 Å². The summed E-state index contributed by atoms with van der Waals surface area (Å²) in [5, 5.41) is 2.83. The molecule has 10 heteroatoms. The SMILES string of the molecule is CCOC(=O)C1CCN(C(=O)NCc2ccc(S(=O)(=O)N(CC)CC)s2)CC1. The number of likely N-dealkylation sites (tertiary alicyclic amines) is 1. The second-order valence-corrected chi connectivity index (χ2v) is 9.82. The van der Waals surface area contributed by atoms with Gasteiger partial charge in [0, 0.05) is 31.1 Å². The van der Waals surface area contributed by atoms with E-state index < -0.39 is 10.0 Å². The predicted molar refractivity (Wildman–Crippen MR) is 108 cm³/mol. The third kappa shape index (κ3) is 5.45. The molecule has 0 bridgehead atoms. The van der Waals surface area contributed by atoms with Gasteiger partial charge in [-0.1, -0.05) is 13.8 Å². The van der Waals surface area contributed by atoms with Crippen LogP contribution in [-0.2, 0) is 26.1 Å². The molecular weight excluding hydrogens is 402 g/mol. The third-order valence-electron chi connectivity index (χ3n) is 4.75. The van der Waals surface area contributed by atoms with Gasteiger partial charge in [0.05, 0.1) is 19.1 Å². The normalized spacial score (nSPS) is 15.6. The number of nitrogens with one attached hydrogen (secondary N) is 1. The molecular formula is C18H29N3O5S2. The first kappa shape index (κ1) is 22.6. The predicted octanol–water partition coefficient (Wildman–Crippen LogP) is 2.26. The number of thiophene rings is 1. The molecule has 0 unspecified atom stereocenters. The largest absolute Gasteiger partial charge is 0.466 e.